The van der Waals surface area contributed by atoms with Crippen LogP contribution in [0.2, 0.25) is 5.02 Å². The molecule has 0 unspecified atom stereocenters. The van der Waals surface area contributed by atoms with Crippen LogP contribution in [0.5, 0.6) is 0 Å². The zero-order valence-corrected chi connectivity index (χ0v) is 15.9. The second kappa shape index (κ2) is 7.34. The molecule has 134 valence electrons. The van der Waals surface area contributed by atoms with E-state index in [0.717, 1.165) is 26.5 Å². The first-order valence-corrected chi connectivity index (χ1v) is 9.44. The Bertz CT molecular complexity index is 1110. The summed E-state index contributed by atoms with van der Waals surface area (Å²) in [5, 5.41) is 7.10. The third-order valence-corrected chi connectivity index (χ3v) is 5.24. The largest absolute Gasteiger partial charge is 0.323 e. The fourth-order valence-electron chi connectivity index (χ4n) is 2.64. The topological polar surface area (TPSA) is 66.9 Å². The van der Waals surface area contributed by atoms with Gasteiger partial charge in [0.05, 0.1) is 0 Å². The number of fused-ring (bicyclic) bond motifs is 1. The van der Waals surface area contributed by atoms with Crippen LogP contribution < -0.4 is 10.6 Å². The lowest BCUT2D eigenvalue weighted by Crippen LogP contribution is -2.19. The second-order valence-corrected chi connectivity index (χ2v) is 7.38. The molecule has 2 heterocycles. The van der Waals surface area contributed by atoms with Gasteiger partial charge < -0.3 is 10.6 Å². The highest BCUT2D eigenvalue weighted by Crippen LogP contribution is 2.30. The maximum atomic E-state index is 12.3. The maximum Gasteiger partial charge on any atom is 0.323 e. The number of benzene rings is 2. The van der Waals surface area contributed by atoms with Gasteiger partial charge in [-0.3, -0.25) is 0 Å². The fourth-order valence-corrected chi connectivity index (χ4v) is 3.71. The first-order valence-electron chi connectivity index (χ1n) is 8.25. The summed E-state index contributed by atoms with van der Waals surface area (Å²) in [6.07, 6.45) is 1.75. The monoisotopic (exact) mass is 394 g/mol. The van der Waals surface area contributed by atoms with Crippen LogP contribution in [0.3, 0.4) is 0 Å². The van der Waals surface area contributed by atoms with E-state index < -0.39 is 0 Å². The average Bonchev–Trinajstić information content (AvgIpc) is 3.09. The molecule has 5 nitrogen and oxygen atoms in total. The number of halogens is 1. The molecule has 0 aliphatic carbocycles. The van der Waals surface area contributed by atoms with Crippen molar-refractivity contribution in [2.24, 2.45) is 0 Å². The van der Waals surface area contributed by atoms with E-state index in [-0.39, 0.29) is 6.03 Å². The Morgan fingerprint density at radius 3 is 2.81 bits per heavy atom. The number of rotatable bonds is 3. The summed E-state index contributed by atoms with van der Waals surface area (Å²) in [6.45, 7) is 1.91. The lowest BCUT2D eigenvalue weighted by atomic mass is 10.2. The minimum absolute atomic E-state index is 0.330. The molecule has 0 aliphatic heterocycles. The van der Waals surface area contributed by atoms with Crippen LogP contribution in [0, 0.1) is 6.92 Å². The normalized spacial score (nSPS) is 10.7. The minimum Gasteiger partial charge on any atom is -0.308 e. The summed E-state index contributed by atoms with van der Waals surface area (Å²) in [7, 11) is 0. The Morgan fingerprint density at radius 2 is 1.96 bits per heavy atom. The molecule has 0 fully saturated rings. The third kappa shape index (κ3) is 3.92. The number of aryl methyl sites for hydroxylation is 1. The van der Waals surface area contributed by atoms with Crippen LogP contribution in [0.1, 0.15) is 5.56 Å². The highest BCUT2D eigenvalue weighted by atomic mass is 35.5. The van der Waals surface area contributed by atoms with Gasteiger partial charge in [-0.1, -0.05) is 41.1 Å². The average molecular weight is 395 g/mol. The number of hydrogen-bond acceptors (Lipinski definition) is 4. The highest BCUT2D eigenvalue weighted by Gasteiger charge is 2.09. The lowest BCUT2D eigenvalue weighted by Gasteiger charge is -2.11. The molecule has 2 aromatic carbocycles. The van der Waals surface area contributed by atoms with Gasteiger partial charge in [0.15, 0.2) is 0 Å². The molecule has 0 spiro atoms. The number of urea groups is 1. The Labute approximate surface area is 165 Å². The molecule has 0 bridgehead atoms. The van der Waals surface area contributed by atoms with Crippen molar-refractivity contribution in [3.8, 4) is 10.6 Å². The predicted molar refractivity (Wildman–Crippen MR) is 112 cm³/mol. The summed E-state index contributed by atoms with van der Waals surface area (Å²) in [4.78, 5) is 22.2. The standard InChI is InChI=1S/C20H15ClN4OS/c1-12-7-8-14(21)11-17(12)25-20(26)23-15-5-2-4-13(10-15)18-24-16-6-3-9-22-19(16)27-18/h2-11H,1H3,(H2,23,25,26). The summed E-state index contributed by atoms with van der Waals surface area (Å²) < 4.78 is 0. The molecule has 0 saturated carbocycles. The molecule has 0 saturated heterocycles. The molecule has 0 radical (unpaired) electrons. The van der Waals surface area contributed by atoms with Crippen LogP contribution >= 0.6 is 22.9 Å². The maximum absolute atomic E-state index is 12.3. The molecule has 4 rings (SSSR count). The quantitative estimate of drug-likeness (QED) is 0.450. The summed E-state index contributed by atoms with van der Waals surface area (Å²) in [5.74, 6) is 0. The second-order valence-electron chi connectivity index (χ2n) is 5.97. The van der Waals surface area contributed by atoms with Gasteiger partial charge in [0.2, 0.25) is 0 Å². The molecule has 2 aromatic heterocycles. The van der Waals surface area contributed by atoms with E-state index in [9.17, 15) is 4.79 Å². The van der Waals surface area contributed by atoms with Gasteiger partial charge in [-0.2, -0.15) is 0 Å². The molecular weight excluding hydrogens is 380 g/mol. The zero-order valence-electron chi connectivity index (χ0n) is 14.4. The van der Waals surface area contributed by atoms with Crippen LogP contribution in [0.4, 0.5) is 16.2 Å². The van der Waals surface area contributed by atoms with Crippen molar-refractivity contribution in [3.63, 3.8) is 0 Å². The molecule has 27 heavy (non-hydrogen) atoms. The lowest BCUT2D eigenvalue weighted by molar-refractivity contribution is 0.262. The van der Waals surface area contributed by atoms with Crippen LogP contribution in [0.15, 0.2) is 60.8 Å². The van der Waals surface area contributed by atoms with Gasteiger partial charge in [0.1, 0.15) is 15.4 Å². The van der Waals surface area contributed by atoms with Gasteiger partial charge in [-0.25, -0.2) is 14.8 Å². The Kier molecular flexibility index (Phi) is 4.75. The van der Waals surface area contributed by atoms with Crippen molar-refractivity contribution in [1.82, 2.24) is 9.97 Å². The summed E-state index contributed by atoms with van der Waals surface area (Å²) in [6, 6.07) is 16.4. The smallest absolute Gasteiger partial charge is 0.308 e. The molecule has 2 amide bonds. The van der Waals surface area contributed by atoms with Crippen molar-refractivity contribution >= 4 is 50.7 Å². The van der Waals surface area contributed by atoms with Gasteiger partial charge >= 0.3 is 6.03 Å². The Morgan fingerprint density at radius 1 is 1.07 bits per heavy atom. The number of carbonyl (C=O) groups is 1. The minimum atomic E-state index is -0.330. The van der Waals surface area contributed by atoms with E-state index in [1.54, 1.807) is 18.3 Å². The van der Waals surface area contributed by atoms with Gasteiger partial charge in [-0.05, 0) is 48.9 Å². The number of nitrogens with one attached hydrogen (secondary N) is 2. The van der Waals surface area contributed by atoms with E-state index in [0.29, 0.717) is 16.4 Å². The van der Waals surface area contributed by atoms with Crippen molar-refractivity contribution < 1.29 is 4.79 Å². The number of aromatic nitrogens is 2. The molecular formula is C20H15ClN4OS. The van der Waals surface area contributed by atoms with Crippen molar-refractivity contribution in [3.05, 3.63) is 71.4 Å². The number of carbonyl (C=O) groups excluding carboxylic acids is 1. The molecule has 0 aliphatic rings. The van der Waals surface area contributed by atoms with E-state index in [1.165, 1.54) is 11.3 Å². The molecule has 7 heteroatoms. The zero-order chi connectivity index (χ0) is 18.8. The number of nitrogens with zero attached hydrogens (tertiary/aromatic N) is 2. The van der Waals surface area contributed by atoms with E-state index in [4.69, 9.17) is 11.6 Å². The number of amides is 2. The van der Waals surface area contributed by atoms with Crippen molar-refractivity contribution in [2.75, 3.05) is 10.6 Å². The molecule has 4 aromatic rings. The molecule has 2 N–H and O–H groups in total. The SMILES string of the molecule is Cc1ccc(Cl)cc1NC(=O)Nc1cccc(-c2nc3cccnc3s2)c1. The van der Waals surface area contributed by atoms with Gasteiger partial charge in [0, 0.05) is 28.2 Å². The first-order chi connectivity index (χ1) is 13.1. The van der Waals surface area contributed by atoms with Crippen molar-refractivity contribution in [1.29, 1.82) is 0 Å². The summed E-state index contributed by atoms with van der Waals surface area (Å²) in [5.41, 5.74) is 4.08. The van der Waals surface area contributed by atoms with Crippen LogP contribution in [-0.4, -0.2) is 16.0 Å². The number of thiazole rings is 1. The number of pyridine rings is 1. The highest BCUT2D eigenvalue weighted by molar-refractivity contribution is 7.21. The van der Waals surface area contributed by atoms with Crippen LogP contribution in [-0.2, 0) is 0 Å². The summed E-state index contributed by atoms with van der Waals surface area (Å²) >= 11 is 7.52. The van der Waals surface area contributed by atoms with E-state index in [2.05, 4.69) is 20.6 Å². The van der Waals surface area contributed by atoms with E-state index >= 15 is 0 Å². The third-order valence-electron chi connectivity index (χ3n) is 3.98. The van der Waals surface area contributed by atoms with Gasteiger partial charge in [-0.15, -0.1) is 0 Å². The Balaban J connectivity index is 1.54. The molecule has 0 atom stereocenters. The fraction of sp³-hybridized carbons (Fsp3) is 0.0500. The Hall–Kier alpha value is -2.96. The van der Waals surface area contributed by atoms with Gasteiger partial charge in [0.25, 0.3) is 0 Å². The van der Waals surface area contributed by atoms with Crippen LogP contribution in [0.25, 0.3) is 20.9 Å². The predicted octanol–water partition coefficient (Wildman–Crippen LogP) is 5.96. The van der Waals surface area contributed by atoms with E-state index in [1.807, 2.05) is 49.4 Å². The number of anilines is 2. The van der Waals surface area contributed by atoms with Crippen molar-refractivity contribution in [2.45, 2.75) is 6.92 Å². The first kappa shape index (κ1) is 17.5. The number of hydrogen-bond donors (Lipinski definition) is 2.